The number of ether oxygens (including phenoxy) is 2. The normalized spacial score (nSPS) is 24.0. The zero-order valence-electron chi connectivity index (χ0n) is 37.5. The maximum absolute atomic E-state index is 13.3. The summed E-state index contributed by atoms with van der Waals surface area (Å²) in [6.45, 7) is 11.8. The standard InChI is InChI=1S/C47H57ClN10O7/c1-26(2)57-38-9-6-31(16-29(38)18-40(46(57)63)64-25-42(60)49-5)51-43-37(48)21-50-47(53-43)54-14-12-34(13-15-54)65-35-19-33(20-35)58-27(3)22-55(23-28(58)4)32-7-8-36-30(17-32)24-56(45(36)62)39-10-11-41(59)52-44(39)61/h6-9,16-18,21,26-28,33-35,39H,10-15,19-20,22-25H2,1-5H3,(H,49,60)(H,50,51,53)(H,52,59,61)/t27-,28-,33?,35?,39+/m0/s1. The Bertz CT molecular complexity index is 2560. The highest BCUT2D eigenvalue weighted by Gasteiger charge is 2.43. The number of nitrogens with zero attached hydrogens (tertiary/aromatic N) is 7. The number of imide groups is 1. The molecule has 4 amide bonds. The van der Waals surface area contributed by atoms with Crippen LogP contribution in [0.5, 0.6) is 5.75 Å². The van der Waals surface area contributed by atoms with Crippen molar-refractivity contribution in [3.05, 3.63) is 75.2 Å². The van der Waals surface area contributed by atoms with Gasteiger partial charge in [-0.05, 0) is 108 Å². The van der Waals surface area contributed by atoms with Gasteiger partial charge in [-0.3, -0.25) is 34.2 Å². The Hall–Kier alpha value is -5.78. The molecular weight excluding hydrogens is 852 g/mol. The summed E-state index contributed by atoms with van der Waals surface area (Å²) in [5.41, 5.74) is 3.79. The molecule has 2 aromatic carbocycles. The van der Waals surface area contributed by atoms with E-state index in [1.54, 1.807) is 21.7 Å². The number of likely N-dealkylation sites (N-methyl/N-ethyl adjacent to an activating group) is 1. The van der Waals surface area contributed by atoms with Gasteiger partial charge in [0, 0.05) is 92.7 Å². The number of anilines is 4. The fourth-order valence-corrected chi connectivity index (χ4v) is 10.5. The lowest BCUT2D eigenvalue weighted by molar-refractivity contribution is -0.137. The lowest BCUT2D eigenvalue weighted by atomic mass is 9.84. The Morgan fingerprint density at radius 2 is 1.71 bits per heavy atom. The zero-order valence-corrected chi connectivity index (χ0v) is 38.3. The van der Waals surface area contributed by atoms with Gasteiger partial charge in [-0.15, -0.1) is 0 Å². The quantitative estimate of drug-likeness (QED) is 0.166. The maximum Gasteiger partial charge on any atom is 0.293 e. The molecule has 0 radical (unpaired) electrons. The second-order valence-corrected chi connectivity index (χ2v) is 18.8. The molecule has 6 heterocycles. The fraction of sp³-hybridized carbons (Fsp3) is 0.511. The average Bonchev–Trinajstić information content (AvgIpc) is 3.59. The van der Waals surface area contributed by atoms with Crippen LogP contribution in [0.4, 0.5) is 23.1 Å². The molecule has 2 aromatic heterocycles. The van der Waals surface area contributed by atoms with Crippen molar-refractivity contribution >= 4 is 69.3 Å². The summed E-state index contributed by atoms with van der Waals surface area (Å²) >= 11 is 6.62. The van der Waals surface area contributed by atoms with E-state index in [9.17, 15) is 24.0 Å². The lowest BCUT2D eigenvalue weighted by Crippen LogP contribution is -2.63. The van der Waals surface area contributed by atoms with Crippen LogP contribution in [-0.4, -0.2) is 124 Å². The van der Waals surface area contributed by atoms with Crippen LogP contribution in [0.3, 0.4) is 0 Å². The first-order valence-corrected chi connectivity index (χ1v) is 23.1. The van der Waals surface area contributed by atoms with Gasteiger partial charge < -0.3 is 39.4 Å². The van der Waals surface area contributed by atoms with E-state index in [1.165, 1.54) is 7.05 Å². The van der Waals surface area contributed by atoms with Gasteiger partial charge >= 0.3 is 0 Å². The van der Waals surface area contributed by atoms with Gasteiger partial charge in [0.2, 0.25) is 17.8 Å². The minimum atomic E-state index is -0.620. The van der Waals surface area contributed by atoms with Crippen LogP contribution in [-0.2, 0) is 25.7 Å². The summed E-state index contributed by atoms with van der Waals surface area (Å²) in [4.78, 5) is 80.9. The fourth-order valence-electron chi connectivity index (χ4n) is 10.3. The molecule has 9 rings (SSSR count). The monoisotopic (exact) mass is 908 g/mol. The number of amides is 4. The molecule has 3 N–H and O–H groups in total. The number of benzene rings is 2. The van der Waals surface area contributed by atoms with Gasteiger partial charge in [0.1, 0.15) is 11.1 Å². The van der Waals surface area contributed by atoms with Crippen molar-refractivity contribution in [2.75, 3.05) is 55.0 Å². The number of nitrogens with one attached hydrogen (secondary N) is 3. The Morgan fingerprint density at radius 1 is 0.954 bits per heavy atom. The van der Waals surface area contributed by atoms with Crippen molar-refractivity contribution in [3.63, 3.8) is 0 Å². The number of halogens is 1. The van der Waals surface area contributed by atoms with E-state index in [-0.39, 0.29) is 60.3 Å². The Kier molecular flexibility index (Phi) is 12.5. The summed E-state index contributed by atoms with van der Waals surface area (Å²) in [5, 5.41) is 9.36. The Labute approximate surface area is 382 Å². The van der Waals surface area contributed by atoms with Crippen LogP contribution in [0.2, 0.25) is 5.02 Å². The van der Waals surface area contributed by atoms with Crippen LogP contribution in [0.25, 0.3) is 10.9 Å². The number of aromatic nitrogens is 3. The molecule has 4 aliphatic heterocycles. The summed E-state index contributed by atoms with van der Waals surface area (Å²) < 4.78 is 14.0. The van der Waals surface area contributed by atoms with Crippen LogP contribution < -0.4 is 36.0 Å². The number of piperazine rings is 1. The van der Waals surface area contributed by atoms with E-state index < -0.39 is 11.9 Å². The summed E-state index contributed by atoms with van der Waals surface area (Å²) in [6.07, 6.45) is 6.35. The van der Waals surface area contributed by atoms with Gasteiger partial charge in [-0.25, -0.2) is 4.98 Å². The lowest BCUT2D eigenvalue weighted by Gasteiger charge is -2.53. The van der Waals surface area contributed by atoms with Crippen molar-refractivity contribution in [2.24, 2.45) is 0 Å². The molecule has 65 heavy (non-hydrogen) atoms. The van der Waals surface area contributed by atoms with Crippen molar-refractivity contribution in [1.29, 1.82) is 0 Å². The molecule has 4 fully saturated rings. The van der Waals surface area contributed by atoms with Crippen molar-refractivity contribution < 1.29 is 28.7 Å². The van der Waals surface area contributed by atoms with Crippen LogP contribution in [0.15, 0.2) is 53.5 Å². The molecule has 0 bridgehead atoms. The number of hydrogen-bond donors (Lipinski definition) is 3. The molecule has 0 spiro atoms. The van der Waals surface area contributed by atoms with Crippen LogP contribution >= 0.6 is 11.6 Å². The highest BCUT2D eigenvalue weighted by atomic mass is 35.5. The van der Waals surface area contributed by atoms with Crippen molar-refractivity contribution in [2.45, 2.75) is 115 Å². The number of rotatable bonds is 12. The molecule has 18 heteroatoms. The Balaban J connectivity index is 0.761. The Morgan fingerprint density at radius 3 is 2.42 bits per heavy atom. The number of carbonyl (C=O) groups is 4. The summed E-state index contributed by atoms with van der Waals surface area (Å²) in [6, 6.07) is 13.7. The number of pyridine rings is 1. The minimum absolute atomic E-state index is 0.0932. The highest BCUT2D eigenvalue weighted by Crippen LogP contribution is 2.38. The number of fused-ring (bicyclic) bond motifs is 2. The largest absolute Gasteiger partial charge is 0.478 e. The average molecular weight is 909 g/mol. The van der Waals surface area contributed by atoms with E-state index in [4.69, 9.17) is 26.1 Å². The summed E-state index contributed by atoms with van der Waals surface area (Å²) in [7, 11) is 1.52. The van der Waals surface area contributed by atoms with E-state index in [0.29, 0.717) is 59.1 Å². The second-order valence-electron chi connectivity index (χ2n) is 18.4. The molecule has 3 saturated heterocycles. The molecule has 0 unspecified atom stereocenters. The van der Waals surface area contributed by atoms with Crippen molar-refractivity contribution in [3.8, 4) is 5.75 Å². The van der Waals surface area contributed by atoms with Crippen LogP contribution in [0.1, 0.15) is 88.2 Å². The summed E-state index contributed by atoms with van der Waals surface area (Å²) in [5.74, 6) is -0.0152. The van der Waals surface area contributed by atoms with Gasteiger partial charge in [0.15, 0.2) is 18.2 Å². The van der Waals surface area contributed by atoms with E-state index in [1.807, 2.05) is 44.2 Å². The molecule has 3 atom stereocenters. The topological polar surface area (TPSA) is 184 Å². The molecular formula is C47H57ClN10O7. The van der Waals surface area contributed by atoms with E-state index in [2.05, 4.69) is 55.5 Å². The number of piperidine rings is 2. The minimum Gasteiger partial charge on any atom is -0.478 e. The first-order chi connectivity index (χ1) is 31.2. The van der Waals surface area contributed by atoms with E-state index >= 15 is 0 Å². The number of carbonyl (C=O) groups excluding carboxylic acids is 4. The number of hydrogen-bond acceptors (Lipinski definition) is 13. The first kappa shape index (κ1) is 44.4. The SMILES string of the molecule is CNC(=O)COc1cc2cc(Nc3nc(N4CCC(OC5CC(N6[C@@H](C)CN(c7ccc8c(c7)CN([C@@H]7CCC(=O)NC7=O)C8=O)C[C@@H]6C)C5)CC4)ncc3Cl)ccc2n(C(C)C)c1=O. The molecule has 5 aliphatic rings. The smallest absolute Gasteiger partial charge is 0.293 e. The second kappa shape index (κ2) is 18.2. The maximum atomic E-state index is 13.3. The van der Waals surface area contributed by atoms with Gasteiger partial charge in [0.05, 0.1) is 23.9 Å². The predicted molar refractivity (Wildman–Crippen MR) is 247 cm³/mol. The van der Waals surface area contributed by atoms with Crippen LogP contribution in [0, 0.1) is 0 Å². The molecule has 344 valence electrons. The van der Waals surface area contributed by atoms with Gasteiger partial charge in [-0.2, -0.15) is 4.98 Å². The van der Waals surface area contributed by atoms with Gasteiger partial charge in [0.25, 0.3) is 17.4 Å². The molecule has 1 aliphatic carbocycles. The predicted octanol–water partition coefficient (Wildman–Crippen LogP) is 4.77. The third-order valence-electron chi connectivity index (χ3n) is 13.6. The molecule has 17 nitrogen and oxygen atoms in total. The zero-order chi connectivity index (χ0) is 45.7. The third kappa shape index (κ3) is 8.97. The van der Waals surface area contributed by atoms with E-state index in [0.717, 1.165) is 74.0 Å². The van der Waals surface area contributed by atoms with Gasteiger partial charge in [-0.1, -0.05) is 11.6 Å². The molecule has 1 saturated carbocycles. The molecule has 4 aromatic rings. The highest BCUT2D eigenvalue weighted by molar-refractivity contribution is 6.33. The third-order valence-corrected chi connectivity index (χ3v) is 13.9. The van der Waals surface area contributed by atoms with Crippen molar-refractivity contribution in [1.82, 2.24) is 35.0 Å². The first-order valence-electron chi connectivity index (χ1n) is 22.8.